The van der Waals surface area contributed by atoms with Gasteiger partial charge in [-0.1, -0.05) is 29.8 Å². The maximum atomic E-state index is 12.6. The highest BCUT2D eigenvalue weighted by Crippen LogP contribution is 2.27. The zero-order valence-electron chi connectivity index (χ0n) is 12.3. The molecular formula is C15H21NO4S. The van der Waals surface area contributed by atoms with Gasteiger partial charge in [0.25, 0.3) is 0 Å². The summed E-state index contributed by atoms with van der Waals surface area (Å²) in [5.41, 5.74) is 1.75. The summed E-state index contributed by atoms with van der Waals surface area (Å²) in [5.74, 6) is -1.62. The molecule has 0 saturated carbocycles. The highest BCUT2D eigenvalue weighted by atomic mass is 32.2. The van der Waals surface area contributed by atoms with Crippen molar-refractivity contribution in [2.24, 2.45) is 5.92 Å². The number of nitrogens with zero attached hydrogens (tertiary/aromatic N) is 1. The molecule has 21 heavy (non-hydrogen) atoms. The molecule has 1 N–H and O–H groups in total. The van der Waals surface area contributed by atoms with E-state index < -0.39 is 28.0 Å². The van der Waals surface area contributed by atoms with Crippen molar-refractivity contribution >= 4 is 16.0 Å². The van der Waals surface area contributed by atoms with Crippen molar-refractivity contribution in [3.8, 4) is 0 Å². The van der Waals surface area contributed by atoms with Gasteiger partial charge >= 0.3 is 5.97 Å². The Hall–Kier alpha value is -1.40. The quantitative estimate of drug-likeness (QED) is 0.923. The van der Waals surface area contributed by atoms with E-state index >= 15 is 0 Å². The van der Waals surface area contributed by atoms with E-state index in [9.17, 15) is 18.3 Å². The van der Waals surface area contributed by atoms with Gasteiger partial charge in [-0.2, -0.15) is 4.31 Å². The highest BCUT2D eigenvalue weighted by Gasteiger charge is 2.38. The first-order valence-electron chi connectivity index (χ1n) is 7.09. The van der Waals surface area contributed by atoms with Crippen molar-refractivity contribution in [3.05, 3.63) is 35.4 Å². The van der Waals surface area contributed by atoms with E-state index in [0.29, 0.717) is 19.4 Å². The van der Waals surface area contributed by atoms with E-state index in [1.165, 1.54) is 4.31 Å². The molecule has 0 bridgehead atoms. The molecule has 1 saturated heterocycles. The number of hydrogen-bond donors (Lipinski definition) is 1. The normalized spacial score (nSPS) is 23.9. The van der Waals surface area contributed by atoms with Crippen molar-refractivity contribution in [2.45, 2.75) is 38.5 Å². The maximum absolute atomic E-state index is 12.6. The molecule has 6 heteroatoms. The van der Waals surface area contributed by atoms with Crippen LogP contribution < -0.4 is 0 Å². The fourth-order valence-corrected chi connectivity index (χ4v) is 4.76. The number of piperidine rings is 1. The molecule has 0 spiro atoms. The largest absolute Gasteiger partial charge is 0.481 e. The number of rotatable bonds is 4. The predicted octanol–water partition coefficient (Wildman–Crippen LogP) is 2.01. The standard InChI is InChI=1S/C15H21NO4S/c1-11-5-3-6-13(9-11)10-21(19,20)16-8-4-7-14(12(16)2)15(17)18/h3,5-6,9,12,14H,4,7-8,10H2,1-2H3,(H,17,18)/t12-,14-/m1/s1. The molecule has 0 aromatic heterocycles. The van der Waals surface area contributed by atoms with E-state index in [0.717, 1.165) is 11.1 Å². The van der Waals surface area contributed by atoms with Gasteiger partial charge in [-0.15, -0.1) is 0 Å². The second-order valence-corrected chi connectivity index (χ2v) is 7.61. The molecule has 0 amide bonds. The number of aliphatic carboxylic acids is 1. The maximum Gasteiger partial charge on any atom is 0.308 e. The zero-order chi connectivity index (χ0) is 15.6. The second kappa shape index (κ2) is 6.15. The number of carboxylic acids is 1. The van der Waals surface area contributed by atoms with Crippen molar-refractivity contribution < 1.29 is 18.3 Å². The van der Waals surface area contributed by atoms with Crippen LogP contribution in [0.5, 0.6) is 0 Å². The molecule has 0 unspecified atom stereocenters. The Balaban J connectivity index is 2.20. The third-order valence-electron chi connectivity index (χ3n) is 4.04. The van der Waals surface area contributed by atoms with E-state index in [2.05, 4.69) is 0 Å². The molecular weight excluding hydrogens is 290 g/mol. The first-order valence-corrected chi connectivity index (χ1v) is 8.70. The van der Waals surface area contributed by atoms with Gasteiger partial charge in [0, 0.05) is 12.6 Å². The van der Waals surface area contributed by atoms with Crippen LogP contribution in [0, 0.1) is 12.8 Å². The lowest BCUT2D eigenvalue weighted by Gasteiger charge is -2.36. The monoisotopic (exact) mass is 311 g/mol. The summed E-state index contributed by atoms with van der Waals surface area (Å²) in [7, 11) is -3.50. The number of aryl methyl sites for hydroxylation is 1. The lowest BCUT2D eigenvalue weighted by molar-refractivity contribution is -0.144. The zero-order valence-corrected chi connectivity index (χ0v) is 13.1. The fourth-order valence-electron chi connectivity index (χ4n) is 2.93. The molecule has 2 atom stereocenters. The molecule has 5 nitrogen and oxygen atoms in total. The van der Waals surface area contributed by atoms with Gasteiger partial charge < -0.3 is 5.11 Å². The Labute approximate surface area is 125 Å². The van der Waals surface area contributed by atoms with Crippen molar-refractivity contribution in [3.63, 3.8) is 0 Å². The second-order valence-electron chi connectivity index (χ2n) is 5.68. The smallest absolute Gasteiger partial charge is 0.308 e. The summed E-state index contributed by atoms with van der Waals surface area (Å²) in [4.78, 5) is 11.2. The van der Waals surface area contributed by atoms with E-state index in [1.807, 2.05) is 25.1 Å². The Morgan fingerprint density at radius 3 is 2.76 bits per heavy atom. The minimum absolute atomic E-state index is 0.0780. The Kier molecular flexibility index (Phi) is 4.68. The van der Waals surface area contributed by atoms with Crippen LogP contribution in [0.25, 0.3) is 0 Å². The first kappa shape index (κ1) is 16.0. The first-order chi connectivity index (χ1) is 9.81. The Morgan fingerprint density at radius 1 is 1.43 bits per heavy atom. The summed E-state index contributed by atoms with van der Waals surface area (Å²) >= 11 is 0. The van der Waals surface area contributed by atoms with Crippen LogP contribution in [0.3, 0.4) is 0 Å². The molecule has 1 aromatic rings. The molecule has 0 radical (unpaired) electrons. The van der Waals surface area contributed by atoms with Crippen LogP contribution in [0.1, 0.15) is 30.9 Å². The van der Waals surface area contributed by atoms with Crippen molar-refractivity contribution in [1.82, 2.24) is 4.31 Å². The van der Waals surface area contributed by atoms with E-state index in [4.69, 9.17) is 0 Å². The van der Waals surface area contributed by atoms with Gasteiger partial charge in [0.05, 0.1) is 11.7 Å². The number of sulfonamides is 1. The lowest BCUT2D eigenvalue weighted by Crippen LogP contribution is -2.49. The third-order valence-corrected chi connectivity index (χ3v) is 5.96. The number of benzene rings is 1. The molecule has 1 aliphatic rings. The molecule has 2 rings (SSSR count). The van der Waals surface area contributed by atoms with Crippen LogP contribution in [-0.2, 0) is 20.6 Å². The summed E-state index contributed by atoms with van der Waals surface area (Å²) in [6.45, 7) is 4.00. The van der Waals surface area contributed by atoms with Gasteiger partial charge in [-0.3, -0.25) is 4.79 Å². The molecule has 1 fully saturated rings. The predicted molar refractivity (Wildman–Crippen MR) is 80.3 cm³/mol. The topological polar surface area (TPSA) is 74.7 Å². The van der Waals surface area contributed by atoms with E-state index in [-0.39, 0.29) is 5.75 Å². The molecule has 116 valence electrons. The van der Waals surface area contributed by atoms with Crippen LogP contribution >= 0.6 is 0 Å². The Bertz CT molecular complexity index is 626. The fraction of sp³-hybridized carbons (Fsp3) is 0.533. The summed E-state index contributed by atoms with van der Waals surface area (Å²) in [5, 5.41) is 9.20. The van der Waals surface area contributed by atoms with Crippen LogP contribution in [0.2, 0.25) is 0 Å². The Morgan fingerprint density at radius 2 is 2.14 bits per heavy atom. The van der Waals surface area contributed by atoms with Crippen molar-refractivity contribution in [2.75, 3.05) is 6.54 Å². The average molecular weight is 311 g/mol. The van der Waals surface area contributed by atoms with Gasteiger partial charge in [0.15, 0.2) is 0 Å². The number of carbonyl (C=O) groups is 1. The molecule has 1 heterocycles. The van der Waals surface area contributed by atoms with Crippen molar-refractivity contribution in [1.29, 1.82) is 0 Å². The van der Waals surface area contributed by atoms with Crippen LogP contribution in [-0.4, -0.2) is 36.4 Å². The minimum atomic E-state index is -3.50. The van der Waals surface area contributed by atoms with Crippen LogP contribution in [0.15, 0.2) is 24.3 Å². The van der Waals surface area contributed by atoms with Gasteiger partial charge in [-0.25, -0.2) is 8.42 Å². The molecule has 1 aromatic carbocycles. The highest BCUT2D eigenvalue weighted by molar-refractivity contribution is 7.88. The number of carboxylic acid groups (broad SMARTS) is 1. The summed E-state index contributed by atoms with van der Waals surface area (Å²) in [6, 6.07) is 6.89. The summed E-state index contributed by atoms with van der Waals surface area (Å²) < 4.78 is 26.5. The van der Waals surface area contributed by atoms with Gasteiger partial charge in [-0.05, 0) is 32.3 Å². The van der Waals surface area contributed by atoms with Gasteiger partial charge in [0.1, 0.15) is 0 Å². The summed E-state index contributed by atoms with van der Waals surface area (Å²) in [6.07, 6.45) is 1.13. The van der Waals surface area contributed by atoms with E-state index in [1.54, 1.807) is 13.0 Å². The van der Waals surface area contributed by atoms with Gasteiger partial charge in [0.2, 0.25) is 10.0 Å². The number of hydrogen-bond acceptors (Lipinski definition) is 3. The minimum Gasteiger partial charge on any atom is -0.481 e. The molecule has 1 aliphatic heterocycles. The SMILES string of the molecule is Cc1cccc(CS(=O)(=O)N2CCC[C@@H](C(=O)O)[C@H]2C)c1. The average Bonchev–Trinajstić information content (AvgIpc) is 2.37. The molecule has 0 aliphatic carbocycles. The third kappa shape index (κ3) is 3.63. The van der Waals surface area contributed by atoms with Crippen LogP contribution in [0.4, 0.5) is 0 Å². The lowest BCUT2D eigenvalue weighted by atomic mass is 9.92.